The molecule has 2 aliphatic rings. The molecule has 1 atom stereocenters. The second-order valence-electron chi connectivity index (χ2n) is 7.63. The second kappa shape index (κ2) is 8.24. The largest absolute Gasteiger partial charge is 0.481 e. The monoisotopic (exact) mass is 390 g/mol. The van der Waals surface area contributed by atoms with Crippen molar-refractivity contribution in [3.63, 3.8) is 0 Å². The van der Waals surface area contributed by atoms with Crippen LogP contribution in [-0.2, 0) is 17.8 Å². The van der Waals surface area contributed by atoms with E-state index in [1.165, 1.54) is 18.9 Å². The summed E-state index contributed by atoms with van der Waals surface area (Å²) in [5.41, 5.74) is 0. The molecule has 0 N–H and O–H groups in total. The van der Waals surface area contributed by atoms with Crippen LogP contribution < -0.4 is 4.74 Å². The van der Waals surface area contributed by atoms with Gasteiger partial charge in [-0.2, -0.15) is 0 Å². The first-order valence-electron chi connectivity index (χ1n) is 9.84. The molecule has 2 heterocycles. The molecular weight excluding hydrogens is 366 g/mol. The lowest BCUT2D eigenvalue weighted by Gasteiger charge is -2.24. The molecule has 2 aromatic rings. The van der Waals surface area contributed by atoms with Gasteiger partial charge in [-0.25, -0.2) is 8.78 Å². The molecule has 2 fully saturated rings. The zero-order valence-corrected chi connectivity index (χ0v) is 15.7. The Balaban J connectivity index is 1.30. The molecule has 0 spiro atoms. The molecule has 6 nitrogen and oxygen atoms in total. The Labute approximate surface area is 162 Å². The van der Waals surface area contributed by atoms with Crippen molar-refractivity contribution < 1.29 is 18.3 Å². The van der Waals surface area contributed by atoms with Gasteiger partial charge in [-0.15, -0.1) is 10.2 Å². The highest BCUT2D eigenvalue weighted by atomic mass is 19.1. The number of halogens is 2. The number of nitrogens with zero attached hydrogens (tertiary/aromatic N) is 4. The zero-order chi connectivity index (χ0) is 19.5. The number of rotatable bonds is 8. The highest BCUT2D eigenvalue weighted by molar-refractivity contribution is 5.78. The number of carbonyl (C=O) groups excluding carboxylic acids is 1. The molecule has 8 heteroatoms. The Morgan fingerprint density at radius 2 is 2.11 bits per heavy atom. The maximum atomic E-state index is 13.7. The molecule has 1 aliphatic carbocycles. The van der Waals surface area contributed by atoms with Gasteiger partial charge >= 0.3 is 0 Å². The molecule has 1 aromatic heterocycles. The van der Waals surface area contributed by atoms with Crippen molar-refractivity contribution in [1.82, 2.24) is 19.7 Å². The van der Waals surface area contributed by atoms with Crippen molar-refractivity contribution in [2.75, 3.05) is 13.2 Å². The second-order valence-corrected chi connectivity index (χ2v) is 7.63. The Hall–Kier alpha value is -2.51. The number of aryl methyl sites for hydroxylation is 1. The maximum absolute atomic E-state index is 13.7. The van der Waals surface area contributed by atoms with E-state index < -0.39 is 11.6 Å². The third-order valence-corrected chi connectivity index (χ3v) is 5.49. The van der Waals surface area contributed by atoms with Crippen molar-refractivity contribution in [3.8, 4) is 5.75 Å². The molecule has 1 aliphatic heterocycles. The van der Waals surface area contributed by atoms with E-state index in [1.807, 2.05) is 4.90 Å². The van der Waals surface area contributed by atoms with Gasteiger partial charge in [0, 0.05) is 31.6 Å². The SMILES string of the molecule is O=C(COc1ccc(F)cc1F)N1CCCC1CCc1nncn1CC1CC1. The van der Waals surface area contributed by atoms with Gasteiger partial charge in [0.25, 0.3) is 5.91 Å². The van der Waals surface area contributed by atoms with Gasteiger partial charge < -0.3 is 14.2 Å². The van der Waals surface area contributed by atoms with Crippen molar-refractivity contribution in [2.24, 2.45) is 5.92 Å². The van der Waals surface area contributed by atoms with Crippen LogP contribution in [0.5, 0.6) is 5.75 Å². The summed E-state index contributed by atoms with van der Waals surface area (Å²) in [5.74, 6) is -0.0467. The number of hydrogen-bond acceptors (Lipinski definition) is 4. The summed E-state index contributed by atoms with van der Waals surface area (Å²) >= 11 is 0. The van der Waals surface area contributed by atoms with E-state index in [0.717, 1.165) is 56.1 Å². The fourth-order valence-corrected chi connectivity index (χ4v) is 3.78. The summed E-state index contributed by atoms with van der Waals surface area (Å²) < 4.78 is 34.0. The van der Waals surface area contributed by atoms with Gasteiger partial charge in [-0.05, 0) is 50.2 Å². The van der Waals surface area contributed by atoms with Crippen molar-refractivity contribution >= 4 is 5.91 Å². The topological polar surface area (TPSA) is 60.2 Å². The average Bonchev–Trinajstić information content (AvgIpc) is 3.17. The normalized spacial score (nSPS) is 19.2. The highest BCUT2D eigenvalue weighted by Gasteiger charge is 2.29. The van der Waals surface area contributed by atoms with E-state index in [0.29, 0.717) is 6.54 Å². The molecule has 1 aromatic carbocycles. The number of hydrogen-bond donors (Lipinski definition) is 0. The van der Waals surface area contributed by atoms with Crippen LogP contribution >= 0.6 is 0 Å². The smallest absolute Gasteiger partial charge is 0.260 e. The quantitative estimate of drug-likeness (QED) is 0.695. The Morgan fingerprint density at radius 3 is 2.89 bits per heavy atom. The molecule has 1 amide bonds. The van der Waals surface area contributed by atoms with Gasteiger partial charge in [0.15, 0.2) is 18.2 Å². The van der Waals surface area contributed by atoms with Gasteiger partial charge in [0.1, 0.15) is 18.0 Å². The lowest BCUT2D eigenvalue weighted by molar-refractivity contribution is -0.134. The molecule has 150 valence electrons. The predicted molar refractivity (Wildman–Crippen MR) is 97.7 cm³/mol. The molecule has 0 bridgehead atoms. The van der Waals surface area contributed by atoms with Crippen LogP contribution in [0.15, 0.2) is 24.5 Å². The number of aromatic nitrogens is 3. The third kappa shape index (κ3) is 4.48. The minimum Gasteiger partial charge on any atom is -0.481 e. The fourth-order valence-electron chi connectivity index (χ4n) is 3.78. The molecule has 0 radical (unpaired) electrons. The predicted octanol–water partition coefficient (Wildman–Crippen LogP) is 2.97. The molecule has 4 rings (SSSR count). The number of benzene rings is 1. The van der Waals surface area contributed by atoms with Crippen molar-refractivity contribution in [3.05, 3.63) is 42.0 Å². The molecule has 1 saturated heterocycles. The lowest BCUT2D eigenvalue weighted by Crippen LogP contribution is -2.39. The summed E-state index contributed by atoms with van der Waals surface area (Å²) in [4.78, 5) is 14.4. The Bertz CT molecular complexity index is 837. The van der Waals surface area contributed by atoms with Crippen LogP contribution in [0.1, 0.15) is 37.9 Å². The number of carbonyl (C=O) groups is 1. The molecule has 1 saturated carbocycles. The first-order chi connectivity index (χ1) is 13.6. The fraction of sp³-hybridized carbons (Fsp3) is 0.550. The van der Waals surface area contributed by atoms with E-state index in [4.69, 9.17) is 4.74 Å². The van der Waals surface area contributed by atoms with Crippen LogP contribution in [0, 0.1) is 17.6 Å². The van der Waals surface area contributed by atoms with Gasteiger partial charge in [-0.3, -0.25) is 4.79 Å². The highest BCUT2D eigenvalue weighted by Crippen LogP contribution is 2.31. The van der Waals surface area contributed by atoms with Gasteiger partial charge in [-0.1, -0.05) is 0 Å². The van der Waals surface area contributed by atoms with E-state index in [1.54, 1.807) is 6.33 Å². The number of ether oxygens (including phenoxy) is 1. The summed E-state index contributed by atoms with van der Waals surface area (Å²) in [7, 11) is 0. The van der Waals surface area contributed by atoms with Gasteiger partial charge in [0.05, 0.1) is 0 Å². The van der Waals surface area contributed by atoms with Crippen LogP contribution in [0.2, 0.25) is 0 Å². The Kier molecular flexibility index (Phi) is 5.54. The Morgan fingerprint density at radius 1 is 1.25 bits per heavy atom. The third-order valence-electron chi connectivity index (χ3n) is 5.49. The molecule has 28 heavy (non-hydrogen) atoms. The molecular formula is C20H24F2N4O2. The average molecular weight is 390 g/mol. The van der Waals surface area contributed by atoms with Crippen LogP contribution in [-0.4, -0.2) is 44.8 Å². The summed E-state index contributed by atoms with van der Waals surface area (Å²) in [6, 6.07) is 3.18. The number of amides is 1. The first kappa shape index (κ1) is 18.8. The maximum Gasteiger partial charge on any atom is 0.260 e. The lowest BCUT2D eigenvalue weighted by atomic mass is 10.1. The van der Waals surface area contributed by atoms with Gasteiger partial charge in [0.2, 0.25) is 0 Å². The van der Waals surface area contributed by atoms with E-state index >= 15 is 0 Å². The van der Waals surface area contributed by atoms with Crippen LogP contribution in [0.4, 0.5) is 8.78 Å². The van der Waals surface area contributed by atoms with Crippen molar-refractivity contribution in [1.29, 1.82) is 0 Å². The van der Waals surface area contributed by atoms with E-state index in [9.17, 15) is 13.6 Å². The molecule has 1 unspecified atom stereocenters. The van der Waals surface area contributed by atoms with Crippen LogP contribution in [0.3, 0.4) is 0 Å². The standard InChI is InChI=1S/C20H24F2N4O2/c21-15-5-7-18(17(22)10-15)28-12-20(27)26-9-1-2-16(26)6-8-19-24-23-13-25(19)11-14-3-4-14/h5,7,10,13-14,16H,1-4,6,8-9,11-12H2. The summed E-state index contributed by atoms with van der Waals surface area (Å²) in [5, 5.41) is 8.26. The minimum absolute atomic E-state index is 0.112. The minimum atomic E-state index is -0.805. The first-order valence-corrected chi connectivity index (χ1v) is 9.84. The number of likely N-dealkylation sites (tertiary alicyclic amines) is 1. The van der Waals surface area contributed by atoms with E-state index in [2.05, 4.69) is 14.8 Å². The van der Waals surface area contributed by atoms with E-state index in [-0.39, 0.29) is 24.3 Å². The van der Waals surface area contributed by atoms with Crippen molar-refractivity contribution in [2.45, 2.75) is 51.1 Å². The zero-order valence-electron chi connectivity index (χ0n) is 15.7. The summed E-state index contributed by atoms with van der Waals surface area (Å²) in [6.07, 6.45) is 7.81. The summed E-state index contributed by atoms with van der Waals surface area (Å²) in [6.45, 7) is 1.40. The van der Waals surface area contributed by atoms with Crippen LogP contribution in [0.25, 0.3) is 0 Å².